The number of amides is 1. The maximum atomic E-state index is 12.3. The molecule has 0 fully saturated rings. The molecule has 5 N–H and O–H groups in total. The van der Waals surface area contributed by atoms with E-state index in [9.17, 15) is 9.59 Å². The van der Waals surface area contributed by atoms with Crippen molar-refractivity contribution in [2.75, 3.05) is 13.2 Å². The standard InChI is InChI=1S/C12H20ClN7O3/c1-4-20(15)12(17-14)16-10(21)9-8(13)7(6-23-5-2)11(22)19(3)18-9/h4-6,14-15H2,1-3H3,(H,16,17,21). The highest BCUT2D eigenvalue weighted by molar-refractivity contribution is 6.34. The SMILES string of the molecule is CCOCc1c(Cl)c(C(=O)NC(=NN)N(N)CC)nn(C)c1=O. The summed E-state index contributed by atoms with van der Waals surface area (Å²) in [7, 11) is 1.41. The van der Waals surface area contributed by atoms with Crippen molar-refractivity contribution < 1.29 is 9.53 Å². The van der Waals surface area contributed by atoms with Crippen molar-refractivity contribution in [1.82, 2.24) is 20.1 Å². The zero-order valence-corrected chi connectivity index (χ0v) is 13.9. The quantitative estimate of drug-likeness (QED) is 0.272. The number of ether oxygens (including phenoxy) is 1. The Hall–Kier alpha value is -2.17. The van der Waals surface area contributed by atoms with Crippen LogP contribution in [0.2, 0.25) is 5.02 Å². The molecule has 128 valence electrons. The Bertz CT molecular complexity index is 659. The van der Waals surface area contributed by atoms with Crippen molar-refractivity contribution in [2.24, 2.45) is 23.8 Å². The first kappa shape index (κ1) is 18.9. The number of hydrazine groups is 1. The number of guanidine groups is 1. The zero-order valence-electron chi connectivity index (χ0n) is 13.2. The highest BCUT2D eigenvalue weighted by Gasteiger charge is 2.22. The van der Waals surface area contributed by atoms with Gasteiger partial charge in [-0.3, -0.25) is 19.9 Å². The van der Waals surface area contributed by atoms with E-state index in [2.05, 4.69) is 15.5 Å². The number of nitrogens with zero attached hydrogens (tertiary/aromatic N) is 4. The summed E-state index contributed by atoms with van der Waals surface area (Å²) in [5.74, 6) is 10.0. The molecule has 0 saturated carbocycles. The highest BCUT2D eigenvalue weighted by Crippen LogP contribution is 2.17. The van der Waals surface area contributed by atoms with Gasteiger partial charge >= 0.3 is 0 Å². The molecular formula is C12H20ClN7O3. The van der Waals surface area contributed by atoms with Gasteiger partial charge in [-0.25, -0.2) is 10.5 Å². The Balaban J connectivity index is 3.19. The fourth-order valence-electron chi connectivity index (χ4n) is 1.63. The number of carbonyl (C=O) groups excluding carboxylic acids is 1. The fourth-order valence-corrected chi connectivity index (χ4v) is 1.89. The number of rotatable bonds is 5. The second kappa shape index (κ2) is 8.46. The predicted octanol–water partition coefficient (Wildman–Crippen LogP) is -0.875. The van der Waals surface area contributed by atoms with Crippen LogP contribution in [0.3, 0.4) is 0 Å². The molecule has 0 saturated heterocycles. The summed E-state index contributed by atoms with van der Waals surface area (Å²) in [5, 5.41) is 10.7. The van der Waals surface area contributed by atoms with Gasteiger partial charge in [0, 0.05) is 20.2 Å². The Labute approximate surface area is 138 Å². The second-order valence-electron chi connectivity index (χ2n) is 4.40. The minimum Gasteiger partial charge on any atom is -0.377 e. The Morgan fingerprint density at radius 3 is 2.70 bits per heavy atom. The van der Waals surface area contributed by atoms with Gasteiger partial charge in [0.15, 0.2) is 5.69 Å². The van der Waals surface area contributed by atoms with Crippen LogP contribution in [-0.4, -0.2) is 39.8 Å². The number of hydrogen-bond donors (Lipinski definition) is 3. The minimum atomic E-state index is -0.698. The molecule has 0 aromatic carbocycles. The van der Waals surface area contributed by atoms with Gasteiger partial charge in [-0.05, 0) is 13.8 Å². The molecule has 1 aromatic heterocycles. The Morgan fingerprint density at radius 2 is 2.17 bits per heavy atom. The third-order valence-electron chi connectivity index (χ3n) is 2.90. The van der Waals surface area contributed by atoms with Gasteiger partial charge in [0.1, 0.15) is 0 Å². The van der Waals surface area contributed by atoms with Crippen LogP contribution in [0.25, 0.3) is 0 Å². The lowest BCUT2D eigenvalue weighted by atomic mass is 10.2. The smallest absolute Gasteiger partial charge is 0.280 e. The van der Waals surface area contributed by atoms with E-state index >= 15 is 0 Å². The first-order valence-corrected chi connectivity index (χ1v) is 7.19. The van der Waals surface area contributed by atoms with E-state index in [0.717, 1.165) is 9.69 Å². The number of nitrogens with two attached hydrogens (primary N) is 2. The van der Waals surface area contributed by atoms with Crippen molar-refractivity contribution in [3.05, 3.63) is 26.6 Å². The number of aromatic nitrogens is 2. The molecule has 0 unspecified atom stereocenters. The van der Waals surface area contributed by atoms with Gasteiger partial charge in [0.25, 0.3) is 11.5 Å². The van der Waals surface area contributed by atoms with Crippen LogP contribution in [0.4, 0.5) is 0 Å². The molecule has 0 spiro atoms. The molecule has 23 heavy (non-hydrogen) atoms. The number of hydrogen-bond acceptors (Lipinski definition) is 7. The van der Waals surface area contributed by atoms with Crippen LogP contribution in [0.5, 0.6) is 0 Å². The predicted molar refractivity (Wildman–Crippen MR) is 85.5 cm³/mol. The fraction of sp³-hybridized carbons (Fsp3) is 0.500. The summed E-state index contributed by atoms with van der Waals surface area (Å²) in [6.45, 7) is 4.25. The second-order valence-corrected chi connectivity index (χ2v) is 4.78. The molecule has 10 nitrogen and oxygen atoms in total. The van der Waals surface area contributed by atoms with Crippen LogP contribution in [0, 0.1) is 0 Å². The molecule has 0 aliphatic rings. The van der Waals surface area contributed by atoms with E-state index in [-0.39, 0.29) is 28.8 Å². The van der Waals surface area contributed by atoms with Crippen LogP contribution in [0.15, 0.2) is 9.90 Å². The molecule has 11 heteroatoms. The molecule has 1 rings (SSSR count). The largest absolute Gasteiger partial charge is 0.377 e. The van der Waals surface area contributed by atoms with Gasteiger partial charge in [-0.15, -0.1) is 5.10 Å². The third-order valence-corrected chi connectivity index (χ3v) is 3.31. The molecule has 0 radical (unpaired) electrons. The molecule has 1 aromatic rings. The van der Waals surface area contributed by atoms with Crippen molar-refractivity contribution in [3.8, 4) is 0 Å². The molecular weight excluding hydrogens is 326 g/mol. The maximum Gasteiger partial charge on any atom is 0.280 e. The topological polar surface area (TPSA) is 141 Å². The van der Waals surface area contributed by atoms with Crippen LogP contribution < -0.4 is 22.6 Å². The van der Waals surface area contributed by atoms with Crippen LogP contribution in [0.1, 0.15) is 29.9 Å². The number of hydrazone groups is 1. The normalized spacial score (nSPS) is 11.4. The Kier molecular flexibility index (Phi) is 6.94. The zero-order chi connectivity index (χ0) is 17.6. The number of carbonyl (C=O) groups is 1. The molecule has 0 atom stereocenters. The summed E-state index contributed by atoms with van der Waals surface area (Å²) in [6.07, 6.45) is 0. The summed E-state index contributed by atoms with van der Waals surface area (Å²) >= 11 is 6.12. The first-order chi connectivity index (χ1) is 10.9. The lowest BCUT2D eigenvalue weighted by Crippen LogP contribution is -2.49. The minimum absolute atomic E-state index is 0.0272. The van der Waals surface area contributed by atoms with Gasteiger partial charge < -0.3 is 10.6 Å². The molecule has 0 bridgehead atoms. The lowest BCUT2D eigenvalue weighted by Gasteiger charge is -2.18. The van der Waals surface area contributed by atoms with Gasteiger partial charge in [-0.1, -0.05) is 11.6 Å². The van der Waals surface area contributed by atoms with Gasteiger partial charge in [0.2, 0.25) is 5.96 Å². The summed E-state index contributed by atoms with van der Waals surface area (Å²) in [4.78, 5) is 24.3. The van der Waals surface area contributed by atoms with Crippen molar-refractivity contribution in [2.45, 2.75) is 20.5 Å². The van der Waals surface area contributed by atoms with Crippen molar-refractivity contribution in [3.63, 3.8) is 0 Å². The van der Waals surface area contributed by atoms with E-state index in [0.29, 0.717) is 13.2 Å². The average Bonchev–Trinajstić information content (AvgIpc) is 2.54. The van der Waals surface area contributed by atoms with E-state index in [4.69, 9.17) is 28.0 Å². The van der Waals surface area contributed by atoms with Crippen molar-refractivity contribution >= 4 is 23.5 Å². The van der Waals surface area contributed by atoms with Gasteiger partial charge in [-0.2, -0.15) is 5.10 Å². The average molecular weight is 346 g/mol. The van der Waals surface area contributed by atoms with E-state index in [1.165, 1.54) is 7.05 Å². The molecule has 0 aliphatic carbocycles. The summed E-state index contributed by atoms with van der Waals surface area (Å²) < 4.78 is 6.21. The van der Waals surface area contributed by atoms with Crippen LogP contribution in [-0.2, 0) is 18.4 Å². The lowest BCUT2D eigenvalue weighted by molar-refractivity contribution is 0.0963. The number of halogens is 1. The molecule has 1 heterocycles. The van der Waals surface area contributed by atoms with E-state index in [1.807, 2.05) is 0 Å². The van der Waals surface area contributed by atoms with E-state index < -0.39 is 11.5 Å². The van der Waals surface area contributed by atoms with E-state index in [1.54, 1.807) is 13.8 Å². The maximum absolute atomic E-state index is 12.3. The monoisotopic (exact) mass is 345 g/mol. The first-order valence-electron chi connectivity index (χ1n) is 6.82. The summed E-state index contributed by atoms with van der Waals surface area (Å²) in [5.41, 5.74) is -0.460. The molecule has 0 aliphatic heterocycles. The molecule has 1 amide bonds. The number of nitrogens with one attached hydrogen (secondary N) is 1. The number of aryl methyl sites for hydroxylation is 1. The van der Waals surface area contributed by atoms with Gasteiger partial charge in [0.05, 0.1) is 17.2 Å². The highest BCUT2D eigenvalue weighted by atomic mass is 35.5. The third kappa shape index (κ3) is 4.41. The Morgan fingerprint density at radius 1 is 1.52 bits per heavy atom. The van der Waals surface area contributed by atoms with Crippen molar-refractivity contribution in [1.29, 1.82) is 0 Å². The van der Waals surface area contributed by atoms with Crippen LogP contribution >= 0.6 is 11.6 Å². The summed E-state index contributed by atoms with van der Waals surface area (Å²) in [6, 6.07) is 0.